The molecule has 0 bridgehead atoms. The SMILES string of the molecule is CN1CC[C@@H](F)[C@H](CCC(=O)O)C1. The number of hydrogen-bond donors (Lipinski definition) is 1. The zero-order valence-corrected chi connectivity index (χ0v) is 7.87. The van der Waals surface area contributed by atoms with E-state index in [-0.39, 0.29) is 12.3 Å². The van der Waals surface area contributed by atoms with E-state index in [1.165, 1.54) is 0 Å². The third-order valence-electron chi connectivity index (χ3n) is 2.57. The third kappa shape index (κ3) is 3.30. The number of likely N-dealkylation sites (tertiary alicyclic amines) is 1. The summed E-state index contributed by atoms with van der Waals surface area (Å²) < 4.78 is 13.3. The van der Waals surface area contributed by atoms with E-state index in [9.17, 15) is 9.18 Å². The molecule has 13 heavy (non-hydrogen) atoms. The van der Waals surface area contributed by atoms with Crippen LogP contribution in [0, 0.1) is 5.92 Å². The van der Waals surface area contributed by atoms with Crippen molar-refractivity contribution < 1.29 is 14.3 Å². The molecule has 1 heterocycles. The largest absolute Gasteiger partial charge is 0.481 e. The lowest BCUT2D eigenvalue weighted by atomic mass is 9.92. The Balaban J connectivity index is 2.33. The van der Waals surface area contributed by atoms with Crippen molar-refractivity contribution >= 4 is 5.97 Å². The van der Waals surface area contributed by atoms with Gasteiger partial charge in [0.25, 0.3) is 0 Å². The second-order valence-electron chi connectivity index (χ2n) is 3.76. The van der Waals surface area contributed by atoms with Gasteiger partial charge in [0.15, 0.2) is 0 Å². The summed E-state index contributed by atoms with van der Waals surface area (Å²) >= 11 is 0. The molecule has 1 saturated heterocycles. The van der Waals surface area contributed by atoms with Gasteiger partial charge in [0.2, 0.25) is 0 Å². The highest BCUT2D eigenvalue weighted by Gasteiger charge is 2.27. The molecule has 0 aromatic rings. The monoisotopic (exact) mass is 189 g/mol. The Labute approximate surface area is 77.5 Å². The molecular formula is C9H16FNO2. The van der Waals surface area contributed by atoms with Crippen LogP contribution in [-0.4, -0.2) is 42.3 Å². The number of alkyl halides is 1. The second kappa shape index (κ2) is 4.56. The van der Waals surface area contributed by atoms with Crippen LogP contribution in [0.5, 0.6) is 0 Å². The highest BCUT2D eigenvalue weighted by molar-refractivity contribution is 5.66. The normalized spacial score (nSPS) is 30.3. The first-order valence-electron chi connectivity index (χ1n) is 4.64. The zero-order chi connectivity index (χ0) is 9.84. The van der Waals surface area contributed by atoms with Crippen LogP contribution in [0.4, 0.5) is 4.39 Å². The van der Waals surface area contributed by atoms with Crippen LogP contribution in [0.2, 0.25) is 0 Å². The van der Waals surface area contributed by atoms with Crippen LogP contribution in [0.3, 0.4) is 0 Å². The van der Waals surface area contributed by atoms with Gasteiger partial charge in [-0.1, -0.05) is 0 Å². The summed E-state index contributed by atoms with van der Waals surface area (Å²) in [6, 6.07) is 0. The standard InChI is InChI=1S/C9H16FNO2/c1-11-5-4-8(10)7(6-11)2-3-9(12)13/h7-8H,2-6H2,1H3,(H,12,13)/t7-,8-/m1/s1. The smallest absolute Gasteiger partial charge is 0.303 e. The van der Waals surface area contributed by atoms with E-state index in [2.05, 4.69) is 4.90 Å². The molecule has 0 amide bonds. The molecule has 0 aliphatic carbocycles. The molecule has 0 aromatic heterocycles. The zero-order valence-electron chi connectivity index (χ0n) is 7.87. The van der Waals surface area contributed by atoms with E-state index in [0.717, 1.165) is 6.54 Å². The number of piperidine rings is 1. The van der Waals surface area contributed by atoms with Gasteiger partial charge >= 0.3 is 5.97 Å². The molecule has 4 heteroatoms. The summed E-state index contributed by atoms with van der Waals surface area (Å²) in [6.07, 6.45) is 0.274. The molecule has 1 aliphatic heterocycles. The molecule has 0 radical (unpaired) electrons. The van der Waals surface area contributed by atoms with Crippen molar-refractivity contribution in [3.8, 4) is 0 Å². The van der Waals surface area contributed by atoms with Crippen LogP contribution in [-0.2, 0) is 4.79 Å². The van der Waals surface area contributed by atoms with Crippen molar-refractivity contribution in [2.45, 2.75) is 25.4 Å². The molecule has 2 atom stereocenters. The van der Waals surface area contributed by atoms with Crippen molar-refractivity contribution in [3.05, 3.63) is 0 Å². The minimum absolute atomic E-state index is 0.0823. The predicted octanol–water partition coefficient (Wildman–Crippen LogP) is 1.14. The molecular weight excluding hydrogens is 173 g/mol. The Bertz CT molecular complexity index is 186. The number of halogens is 1. The molecule has 0 unspecified atom stereocenters. The molecule has 3 nitrogen and oxygen atoms in total. The minimum atomic E-state index is -0.833. The lowest BCUT2D eigenvalue weighted by molar-refractivity contribution is -0.137. The second-order valence-corrected chi connectivity index (χ2v) is 3.76. The molecule has 0 aromatic carbocycles. The number of aliphatic carboxylic acids is 1. The molecule has 0 saturated carbocycles. The Kier molecular flexibility index (Phi) is 3.66. The molecule has 76 valence electrons. The average molecular weight is 189 g/mol. The summed E-state index contributed by atoms with van der Waals surface area (Å²) in [6.45, 7) is 1.47. The topological polar surface area (TPSA) is 40.5 Å². The van der Waals surface area contributed by atoms with E-state index in [4.69, 9.17) is 5.11 Å². The van der Waals surface area contributed by atoms with Gasteiger partial charge in [-0.05, 0) is 19.9 Å². The number of rotatable bonds is 3. The summed E-state index contributed by atoms with van der Waals surface area (Å²) in [5, 5.41) is 8.46. The maximum absolute atomic E-state index is 13.3. The van der Waals surface area contributed by atoms with Crippen LogP contribution in [0.15, 0.2) is 0 Å². The van der Waals surface area contributed by atoms with E-state index in [1.54, 1.807) is 0 Å². The average Bonchev–Trinajstić information content (AvgIpc) is 2.06. The van der Waals surface area contributed by atoms with Crippen molar-refractivity contribution in [1.82, 2.24) is 4.90 Å². The first-order chi connectivity index (χ1) is 6.09. The van der Waals surface area contributed by atoms with Gasteiger partial charge in [-0.25, -0.2) is 4.39 Å². The van der Waals surface area contributed by atoms with Crippen molar-refractivity contribution in [3.63, 3.8) is 0 Å². The summed E-state index contributed by atoms with van der Waals surface area (Å²) in [5.74, 6) is -0.921. The van der Waals surface area contributed by atoms with Crippen LogP contribution in [0.1, 0.15) is 19.3 Å². The lowest BCUT2D eigenvalue weighted by Crippen LogP contribution is -2.39. The van der Waals surface area contributed by atoms with E-state index in [1.807, 2.05) is 7.05 Å². The number of carbonyl (C=O) groups is 1. The summed E-state index contributed by atoms with van der Waals surface area (Å²) in [5.41, 5.74) is 0. The lowest BCUT2D eigenvalue weighted by Gasteiger charge is -2.32. The maximum Gasteiger partial charge on any atom is 0.303 e. The van der Waals surface area contributed by atoms with E-state index < -0.39 is 12.1 Å². The first kappa shape index (κ1) is 10.4. The van der Waals surface area contributed by atoms with Gasteiger partial charge in [0.05, 0.1) is 0 Å². The Morgan fingerprint density at radius 3 is 3.00 bits per heavy atom. The van der Waals surface area contributed by atoms with Crippen molar-refractivity contribution in [2.75, 3.05) is 20.1 Å². The van der Waals surface area contributed by atoms with Gasteiger partial charge < -0.3 is 10.0 Å². The fourth-order valence-electron chi connectivity index (χ4n) is 1.77. The number of carboxylic acid groups (broad SMARTS) is 1. The Morgan fingerprint density at radius 2 is 2.38 bits per heavy atom. The summed E-state index contributed by atoms with van der Waals surface area (Å²) in [4.78, 5) is 12.4. The first-order valence-corrected chi connectivity index (χ1v) is 4.64. The Morgan fingerprint density at radius 1 is 1.69 bits per heavy atom. The van der Waals surface area contributed by atoms with Crippen LogP contribution >= 0.6 is 0 Å². The number of hydrogen-bond acceptors (Lipinski definition) is 2. The van der Waals surface area contributed by atoms with Crippen LogP contribution < -0.4 is 0 Å². The van der Waals surface area contributed by atoms with Crippen molar-refractivity contribution in [1.29, 1.82) is 0 Å². The van der Waals surface area contributed by atoms with Gasteiger partial charge in [0.1, 0.15) is 6.17 Å². The fraction of sp³-hybridized carbons (Fsp3) is 0.889. The van der Waals surface area contributed by atoms with Crippen LogP contribution in [0.25, 0.3) is 0 Å². The van der Waals surface area contributed by atoms with E-state index >= 15 is 0 Å². The number of nitrogens with zero attached hydrogens (tertiary/aromatic N) is 1. The van der Waals surface area contributed by atoms with Gasteiger partial charge in [0, 0.05) is 25.4 Å². The summed E-state index contributed by atoms with van der Waals surface area (Å²) in [7, 11) is 1.94. The molecule has 1 rings (SSSR count). The quantitative estimate of drug-likeness (QED) is 0.723. The van der Waals surface area contributed by atoms with Gasteiger partial charge in [-0.15, -0.1) is 0 Å². The highest BCUT2D eigenvalue weighted by Crippen LogP contribution is 2.23. The fourth-order valence-corrected chi connectivity index (χ4v) is 1.77. The molecule has 1 aliphatic rings. The van der Waals surface area contributed by atoms with Crippen molar-refractivity contribution in [2.24, 2.45) is 5.92 Å². The van der Waals surface area contributed by atoms with Gasteiger partial charge in [-0.2, -0.15) is 0 Å². The third-order valence-corrected chi connectivity index (χ3v) is 2.57. The molecule has 1 N–H and O–H groups in total. The molecule has 1 fully saturated rings. The number of carboxylic acids is 1. The Hall–Kier alpha value is -0.640. The minimum Gasteiger partial charge on any atom is -0.481 e. The van der Waals surface area contributed by atoms with Gasteiger partial charge in [-0.3, -0.25) is 4.79 Å². The highest BCUT2D eigenvalue weighted by atomic mass is 19.1. The molecule has 0 spiro atoms. The predicted molar refractivity (Wildman–Crippen MR) is 47.4 cm³/mol. The van der Waals surface area contributed by atoms with E-state index in [0.29, 0.717) is 19.4 Å². The maximum atomic E-state index is 13.3.